The predicted molar refractivity (Wildman–Crippen MR) is 107 cm³/mol. The molecule has 1 fully saturated rings. The van der Waals surface area contributed by atoms with E-state index in [-0.39, 0.29) is 30.9 Å². The lowest BCUT2D eigenvalue weighted by atomic mass is 9.95. The van der Waals surface area contributed by atoms with Crippen LogP contribution in [0.2, 0.25) is 0 Å². The van der Waals surface area contributed by atoms with E-state index in [9.17, 15) is 0 Å². The van der Waals surface area contributed by atoms with Gasteiger partial charge in [0.1, 0.15) is 17.2 Å². The van der Waals surface area contributed by atoms with Crippen molar-refractivity contribution in [2.75, 3.05) is 47.5 Å². The monoisotopic (exact) mass is 392 g/mol. The van der Waals surface area contributed by atoms with Crippen molar-refractivity contribution in [2.24, 2.45) is 0 Å². The molecule has 0 radical (unpaired) electrons. The molecule has 25 heavy (non-hydrogen) atoms. The molecule has 0 aromatic heterocycles. The van der Waals surface area contributed by atoms with E-state index in [1.54, 1.807) is 21.3 Å². The molecule has 7 heteroatoms. The first-order valence-corrected chi connectivity index (χ1v) is 7.99. The second-order valence-electron chi connectivity index (χ2n) is 5.91. The van der Waals surface area contributed by atoms with Crippen LogP contribution in [-0.2, 0) is 0 Å². The molecule has 2 rings (SSSR count). The van der Waals surface area contributed by atoms with Gasteiger partial charge in [0.05, 0.1) is 26.9 Å². The number of nitrogens with one attached hydrogen (secondary N) is 1. The zero-order valence-corrected chi connectivity index (χ0v) is 17.1. The molecule has 0 saturated carbocycles. The molecule has 1 heterocycles. The highest BCUT2D eigenvalue weighted by atomic mass is 35.5. The third-order valence-electron chi connectivity index (χ3n) is 4.22. The highest BCUT2D eigenvalue weighted by Crippen LogP contribution is 2.42. The molecule has 0 spiro atoms. The van der Waals surface area contributed by atoms with Crippen LogP contribution in [0.5, 0.6) is 17.2 Å². The van der Waals surface area contributed by atoms with Gasteiger partial charge in [-0.2, -0.15) is 0 Å². The number of benzene rings is 1. The normalized spacial score (nSPS) is 15.4. The smallest absolute Gasteiger partial charge is 0.131 e. The van der Waals surface area contributed by atoms with Crippen LogP contribution in [0.3, 0.4) is 0 Å². The van der Waals surface area contributed by atoms with Gasteiger partial charge in [-0.25, -0.2) is 0 Å². The second kappa shape index (κ2) is 11.5. The fraction of sp³-hybridized carbons (Fsp3) is 0.556. The van der Waals surface area contributed by atoms with Crippen molar-refractivity contribution in [1.29, 1.82) is 0 Å². The summed E-state index contributed by atoms with van der Waals surface area (Å²) in [6.45, 7) is 10.2. The van der Waals surface area contributed by atoms with Gasteiger partial charge in [-0.1, -0.05) is 5.57 Å². The molecule has 0 unspecified atom stereocenters. The van der Waals surface area contributed by atoms with Crippen molar-refractivity contribution >= 4 is 24.8 Å². The summed E-state index contributed by atoms with van der Waals surface area (Å²) in [5.74, 6) is 2.33. The minimum atomic E-state index is 0. The van der Waals surface area contributed by atoms with E-state index < -0.39 is 0 Å². The topological polar surface area (TPSA) is 43.0 Å². The fourth-order valence-electron chi connectivity index (χ4n) is 3.10. The lowest BCUT2D eigenvalue weighted by Gasteiger charge is -2.36. The number of methoxy groups -OCH3 is 3. The highest BCUT2D eigenvalue weighted by molar-refractivity contribution is 5.85. The minimum Gasteiger partial charge on any atom is -0.496 e. The maximum absolute atomic E-state index is 5.65. The zero-order valence-electron chi connectivity index (χ0n) is 15.5. The predicted octanol–water partition coefficient (Wildman–Crippen LogP) is 3.47. The van der Waals surface area contributed by atoms with E-state index in [0.717, 1.165) is 61.0 Å². The van der Waals surface area contributed by atoms with Gasteiger partial charge in [-0.15, -0.1) is 31.4 Å². The number of rotatable bonds is 7. The van der Waals surface area contributed by atoms with Crippen LogP contribution < -0.4 is 19.5 Å². The summed E-state index contributed by atoms with van der Waals surface area (Å²) in [4.78, 5) is 2.47. The first kappa shape index (κ1) is 23.9. The molecule has 1 aliphatic rings. The van der Waals surface area contributed by atoms with Gasteiger partial charge >= 0.3 is 0 Å². The third-order valence-corrected chi connectivity index (χ3v) is 4.22. The van der Waals surface area contributed by atoms with Crippen molar-refractivity contribution in [2.45, 2.75) is 19.4 Å². The molecule has 1 saturated heterocycles. The Kier molecular flexibility index (Phi) is 10.9. The van der Waals surface area contributed by atoms with E-state index in [4.69, 9.17) is 14.2 Å². The Hall–Kier alpha value is -1.14. The van der Waals surface area contributed by atoms with Gasteiger partial charge in [0, 0.05) is 44.4 Å². The van der Waals surface area contributed by atoms with Gasteiger partial charge in [0.25, 0.3) is 0 Å². The first-order chi connectivity index (χ1) is 11.1. The van der Waals surface area contributed by atoms with Crippen molar-refractivity contribution in [1.82, 2.24) is 10.2 Å². The maximum atomic E-state index is 5.65. The fourth-order valence-corrected chi connectivity index (χ4v) is 3.10. The molecule has 1 aliphatic heterocycles. The summed E-state index contributed by atoms with van der Waals surface area (Å²) in [7, 11) is 5.02. The molecule has 0 bridgehead atoms. The Labute approximate surface area is 163 Å². The van der Waals surface area contributed by atoms with Crippen LogP contribution in [0, 0.1) is 0 Å². The number of hydrogen-bond acceptors (Lipinski definition) is 5. The summed E-state index contributed by atoms with van der Waals surface area (Å²) in [5.41, 5.74) is 2.22. The van der Waals surface area contributed by atoms with Crippen molar-refractivity contribution in [3.63, 3.8) is 0 Å². The van der Waals surface area contributed by atoms with Crippen LogP contribution >= 0.6 is 24.8 Å². The van der Waals surface area contributed by atoms with E-state index in [1.807, 2.05) is 12.1 Å². The van der Waals surface area contributed by atoms with Gasteiger partial charge < -0.3 is 19.5 Å². The third kappa shape index (κ3) is 5.96. The van der Waals surface area contributed by atoms with Crippen molar-refractivity contribution in [3.8, 4) is 17.2 Å². The number of ether oxygens (including phenoxy) is 3. The van der Waals surface area contributed by atoms with E-state index in [0.29, 0.717) is 0 Å². The molecule has 1 aromatic carbocycles. The summed E-state index contributed by atoms with van der Waals surface area (Å²) in [5, 5.41) is 3.40. The summed E-state index contributed by atoms with van der Waals surface area (Å²) >= 11 is 0. The van der Waals surface area contributed by atoms with Gasteiger partial charge in [0.15, 0.2) is 0 Å². The molecule has 5 nitrogen and oxygen atoms in total. The lowest BCUT2D eigenvalue weighted by Crippen LogP contribution is -2.45. The van der Waals surface area contributed by atoms with Gasteiger partial charge in [-0.05, 0) is 13.3 Å². The average Bonchev–Trinajstić information content (AvgIpc) is 2.59. The number of nitrogens with zero attached hydrogens (tertiary/aromatic N) is 1. The van der Waals surface area contributed by atoms with Crippen LogP contribution in [0.1, 0.15) is 24.9 Å². The molecule has 0 aliphatic carbocycles. The Morgan fingerprint density at radius 3 is 2.00 bits per heavy atom. The van der Waals surface area contributed by atoms with Crippen molar-refractivity contribution in [3.05, 3.63) is 29.8 Å². The second-order valence-corrected chi connectivity index (χ2v) is 5.91. The van der Waals surface area contributed by atoms with E-state index in [2.05, 4.69) is 23.7 Å². The van der Waals surface area contributed by atoms with E-state index >= 15 is 0 Å². The largest absolute Gasteiger partial charge is 0.496 e. The molecule has 0 amide bonds. The standard InChI is InChI=1S/C18H28N2O3.2ClH/c1-13(2)10-15(20-8-6-19-7-9-20)18-16(22-4)11-14(21-3)12-17(18)23-5;;/h11-12,15,19H,1,6-10H2,2-5H3;2*1H/t15-;;/m1../s1. The Morgan fingerprint density at radius 2 is 1.60 bits per heavy atom. The molecule has 1 atom stereocenters. The van der Waals surface area contributed by atoms with Crippen LogP contribution in [0.15, 0.2) is 24.3 Å². The molecular formula is C18H30Cl2N2O3. The van der Waals surface area contributed by atoms with Crippen LogP contribution in [0.4, 0.5) is 0 Å². The average molecular weight is 393 g/mol. The Balaban J connectivity index is 0.00000288. The van der Waals surface area contributed by atoms with Crippen molar-refractivity contribution < 1.29 is 14.2 Å². The van der Waals surface area contributed by atoms with Gasteiger partial charge in [-0.3, -0.25) is 4.90 Å². The zero-order chi connectivity index (χ0) is 16.8. The first-order valence-electron chi connectivity index (χ1n) is 7.99. The van der Waals surface area contributed by atoms with Gasteiger partial charge in [0.2, 0.25) is 0 Å². The molecular weight excluding hydrogens is 363 g/mol. The minimum absolute atomic E-state index is 0. The Morgan fingerprint density at radius 1 is 1.08 bits per heavy atom. The number of piperazine rings is 1. The van der Waals surface area contributed by atoms with Crippen LogP contribution in [0.25, 0.3) is 0 Å². The maximum Gasteiger partial charge on any atom is 0.131 e. The van der Waals surface area contributed by atoms with Crippen LogP contribution in [-0.4, -0.2) is 52.4 Å². The number of halogens is 2. The van der Waals surface area contributed by atoms with E-state index in [1.165, 1.54) is 0 Å². The molecule has 1 N–H and O–H groups in total. The Bertz CT molecular complexity index is 524. The molecule has 144 valence electrons. The quantitative estimate of drug-likeness (QED) is 0.719. The number of hydrogen-bond donors (Lipinski definition) is 1. The summed E-state index contributed by atoms with van der Waals surface area (Å²) in [6, 6.07) is 4.03. The summed E-state index contributed by atoms with van der Waals surface area (Å²) < 4.78 is 16.7. The highest BCUT2D eigenvalue weighted by Gasteiger charge is 2.28. The molecule has 1 aromatic rings. The SMILES string of the molecule is C=C(C)C[C@H](c1c(OC)cc(OC)cc1OC)N1CCNCC1.Cl.Cl. The lowest BCUT2D eigenvalue weighted by molar-refractivity contribution is 0.166. The summed E-state index contributed by atoms with van der Waals surface area (Å²) in [6.07, 6.45) is 0.874.